The molecule has 0 radical (unpaired) electrons. The summed E-state index contributed by atoms with van der Waals surface area (Å²) in [6, 6.07) is 10.8. The van der Waals surface area contributed by atoms with Crippen molar-refractivity contribution in [1.82, 2.24) is 5.16 Å². The minimum atomic E-state index is -1.03. The maximum absolute atomic E-state index is 12.9. The lowest BCUT2D eigenvalue weighted by atomic mass is 9.99. The number of ether oxygens (including phenoxy) is 1. The van der Waals surface area contributed by atoms with Crippen molar-refractivity contribution in [2.24, 2.45) is 0 Å². The third kappa shape index (κ3) is 8.51. The molecule has 0 atom stereocenters. The lowest BCUT2D eigenvalue weighted by molar-refractivity contribution is -0.139. The Bertz CT molecular complexity index is 1040. The van der Waals surface area contributed by atoms with Gasteiger partial charge in [0, 0.05) is 28.7 Å². The van der Waals surface area contributed by atoms with Crippen LogP contribution < -0.4 is 4.74 Å². The topological polar surface area (TPSA) is 89.6 Å². The molecule has 1 aromatic rings. The summed E-state index contributed by atoms with van der Waals surface area (Å²) in [5.41, 5.74) is 3.76. The lowest BCUT2D eigenvalue weighted by Crippen LogP contribution is -2.09. The summed E-state index contributed by atoms with van der Waals surface area (Å²) in [4.78, 5) is 23.6. The molecule has 36 heavy (non-hydrogen) atoms. The van der Waals surface area contributed by atoms with Gasteiger partial charge in [-0.25, -0.2) is 4.79 Å². The number of benzene rings is 1. The number of Topliss-reactive ketones (excluding diaryl/α,β-unsaturated/α-hetero) is 1. The Hall–Kier alpha value is -3.15. The molecule has 6 nitrogen and oxygen atoms in total. The highest BCUT2D eigenvalue weighted by Crippen LogP contribution is 2.36. The molecule has 0 saturated carbocycles. The maximum Gasteiger partial charge on any atom is 0.341 e. The molecule has 194 valence electrons. The van der Waals surface area contributed by atoms with E-state index in [0.717, 1.165) is 29.5 Å². The smallest absolute Gasteiger partial charge is 0.341 e. The second-order valence-corrected chi connectivity index (χ2v) is 9.51. The van der Waals surface area contributed by atoms with Gasteiger partial charge in [-0.3, -0.25) is 4.79 Å². The molecular formula is C30H39NO5. The van der Waals surface area contributed by atoms with Crippen molar-refractivity contribution in [3.63, 3.8) is 0 Å². The molecule has 1 N–H and O–H groups in total. The standard InChI is InChI=1S/C30H39NO5/c1-2-3-4-5-6-7-8-9-10-11-12-13-14-28(32)25-19-20-26-27(25)21-36-31-30(26)23-15-17-24(18-16-23)35-22-29(33)34/h15-21H,2-14,22H2,1H3,(H,33,34). The van der Waals surface area contributed by atoms with Gasteiger partial charge in [0.2, 0.25) is 0 Å². The summed E-state index contributed by atoms with van der Waals surface area (Å²) in [6.45, 7) is 1.86. The van der Waals surface area contributed by atoms with Crippen LogP contribution in [0.2, 0.25) is 0 Å². The maximum atomic E-state index is 12.9. The van der Waals surface area contributed by atoms with Crippen LogP contribution in [0.1, 0.15) is 101 Å². The predicted molar refractivity (Wildman–Crippen MR) is 142 cm³/mol. The Kier molecular flexibility index (Phi) is 11.5. The molecule has 0 unspecified atom stereocenters. The summed E-state index contributed by atoms with van der Waals surface area (Å²) in [5.74, 6) is -0.422. The number of aliphatic carboxylic acids is 1. The van der Waals surface area contributed by atoms with Crippen LogP contribution >= 0.6 is 0 Å². The van der Waals surface area contributed by atoms with E-state index in [0.29, 0.717) is 23.4 Å². The Morgan fingerprint density at radius 3 is 2.03 bits per heavy atom. The van der Waals surface area contributed by atoms with Crippen LogP contribution in [0, 0.1) is 0 Å². The van der Waals surface area contributed by atoms with E-state index in [1.807, 2.05) is 12.1 Å². The number of ketones is 1. The van der Waals surface area contributed by atoms with Crippen molar-refractivity contribution >= 4 is 11.8 Å². The summed E-state index contributed by atoms with van der Waals surface area (Å²) >= 11 is 0. The fourth-order valence-electron chi connectivity index (χ4n) is 4.57. The largest absolute Gasteiger partial charge is 0.482 e. The first-order valence-corrected chi connectivity index (χ1v) is 13.5. The summed E-state index contributed by atoms with van der Waals surface area (Å²) in [7, 11) is 0. The zero-order valence-electron chi connectivity index (χ0n) is 21.5. The molecule has 0 bridgehead atoms. The van der Waals surface area contributed by atoms with E-state index in [1.54, 1.807) is 30.5 Å². The van der Waals surface area contributed by atoms with E-state index in [1.165, 1.54) is 64.2 Å². The van der Waals surface area contributed by atoms with Crippen LogP contribution in [0.3, 0.4) is 0 Å². The van der Waals surface area contributed by atoms with Crippen molar-refractivity contribution in [1.29, 1.82) is 0 Å². The van der Waals surface area contributed by atoms with Crippen LogP contribution in [0.25, 0.3) is 22.4 Å². The predicted octanol–water partition coefficient (Wildman–Crippen LogP) is 8.18. The third-order valence-electron chi connectivity index (χ3n) is 6.61. The van der Waals surface area contributed by atoms with Crippen molar-refractivity contribution in [2.75, 3.05) is 6.61 Å². The normalized spacial score (nSPS) is 11.1. The number of aromatic nitrogens is 1. The van der Waals surface area contributed by atoms with Crippen LogP contribution in [-0.4, -0.2) is 28.6 Å². The van der Waals surface area contributed by atoms with Crippen LogP contribution in [0.5, 0.6) is 5.75 Å². The molecule has 3 rings (SSSR count). The first kappa shape index (κ1) is 27.4. The average molecular weight is 494 g/mol. The number of nitrogens with zero attached hydrogens (tertiary/aromatic N) is 1. The first-order valence-electron chi connectivity index (χ1n) is 13.5. The SMILES string of the molecule is CCCCCCCCCCCCCCC(=O)c1ccc2c(-c3ccc(OCC(=O)O)cc3)nocc1-2. The first-order chi connectivity index (χ1) is 17.6. The quantitative estimate of drug-likeness (QED) is 0.142. The van der Waals surface area contributed by atoms with Gasteiger partial charge in [0.1, 0.15) is 17.7 Å². The monoisotopic (exact) mass is 493 g/mol. The summed E-state index contributed by atoms with van der Waals surface area (Å²) in [6.07, 6.45) is 17.4. The Morgan fingerprint density at radius 1 is 0.806 bits per heavy atom. The number of hydrogen-bond donors (Lipinski definition) is 1. The Labute approximate surface area is 214 Å². The minimum absolute atomic E-state index is 0.141. The van der Waals surface area contributed by atoms with Crippen molar-refractivity contribution in [3.8, 4) is 28.1 Å². The number of fused-ring (bicyclic) bond motifs is 1. The van der Waals surface area contributed by atoms with Crippen molar-refractivity contribution in [3.05, 3.63) is 48.2 Å². The van der Waals surface area contributed by atoms with Gasteiger partial charge < -0.3 is 14.4 Å². The average Bonchev–Trinajstić information content (AvgIpc) is 3.33. The van der Waals surface area contributed by atoms with E-state index in [2.05, 4.69) is 12.1 Å². The van der Waals surface area contributed by atoms with Gasteiger partial charge in [0.05, 0.1) is 0 Å². The van der Waals surface area contributed by atoms with E-state index in [4.69, 9.17) is 14.4 Å². The molecule has 0 saturated heterocycles. The number of carbonyl (C=O) groups excluding carboxylic acids is 1. The second-order valence-electron chi connectivity index (χ2n) is 9.51. The highest BCUT2D eigenvalue weighted by molar-refractivity contribution is 6.05. The minimum Gasteiger partial charge on any atom is -0.482 e. The van der Waals surface area contributed by atoms with Gasteiger partial charge in [-0.05, 0) is 36.8 Å². The fraction of sp³-hybridized carbons (Fsp3) is 0.500. The fourth-order valence-corrected chi connectivity index (χ4v) is 4.57. The van der Waals surface area contributed by atoms with E-state index in [9.17, 15) is 9.59 Å². The number of carboxylic acid groups (broad SMARTS) is 1. The third-order valence-corrected chi connectivity index (χ3v) is 6.61. The molecule has 1 aliphatic carbocycles. The number of rotatable bonds is 18. The number of unbranched alkanes of at least 4 members (excludes halogenated alkanes) is 11. The van der Waals surface area contributed by atoms with E-state index in [-0.39, 0.29) is 5.78 Å². The Balaban J connectivity index is 1.41. The molecule has 0 amide bonds. The van der Waals surface area contributed by atoms with E-state index >= 15 is 0 Å². The number of hydrogen-bond acceptors (Lipinski definition) is 5. The zero-order chi connectivity index (χ0) is 25.6. The van der Waals surface area contributed by atoms with Crippen molar-refractivity contribution in [2.45, 2.75) is 90.4 Å². The molecule has 0 fully saturated rings. The summed E-state index contributed by atoms with van der Waals surface area (Å²) < 4.78 is 10.5. The second kappa shape index (κ2) is 15.1. The highest BCUT2D eigenvalue weighted by Gasteiger charge is 2.21. The summed E-state index contributed by atoms with van der Waals surface area (Å²) in [5, 5.41) is 12.9. The van der Waals surface area contributed by atoms with Crippen LogP contribution in [0.4, 0.5) is 0 Å². The lowest BCUT2D eigenvalue weighted by Gasteiger charge is -2.09. The van der Waals surface area contributed by atoms with E-state index < -0.39 is 12.6 Å². The van der Waals surface area contributed by atoms with Gasteiger partial charge >= 0.3 is 5.97 Å². The molecule has 6 heteroatoms. The van der Waals surface area contributed by atoms with Gasteiger partial charge in [0.15, 0.2) is 12.4 Å². The van der Waals surface area contributed by atoms with Gasteiger partial charge in [-0.2, -0.15) is 0 Å². The van der Waals surface area contributed by atoms with Crippen LogP contribution in [0.15, 0.2) is 47.2 Å². The Morgan fingerprint density at radius 2 is 1.42 bits per heavy atom. The molecule has 1 heterocycles. The molecule has 1 aromatic carbocycles. The molecule has 1 aliphatic heterocycles. The molecule has 0 spiro atoms. The van der Waals surface area contributed by atoms with Crippen molar-refractivity contribution < 1.29 is 24.0 Å². The molecule has 2 aliphatic rings. The van der Waals surface area contributed by atoms with Gasteiger partial charge in [0.25, 0.3) is 0 Å². The number of carbonyl (C=O) groups is 2. The highest BCUT2D eigenvalue weighted by atomic mass is 16.5. The van der Waals surface area contributed by atoms with Crippen LogP contribution in [-0.2, 0) is 4.79 Å². The zero-order valence-corrected chi connectivity index (χ0v) is 21.5. The molecular weight excluding hydrogens is 454 g/mol. The van der Waals surface area contributed by atoms with Gasteiger partial charge in [-0.1, -0.05) is 88.8 Å². The van der Waals surface area contributed by atoms with Gasteiger partial charge in [-0.15, -0.1) is 0 Å². The molecule has 0 aromatic heterocycles. The number of carboxylic acids is 1.